The Morgan fingerprint density at radius 1 is 1.35 bits per heavy atom. The summed E-state index contributed by atoms with van der Waals surface area (Å²) < 4.78 is 27.3. The van der Waals surface area contributed by atoms with E-state index < -0.39 is 11.6 Å². The van der Waals surface area contributed by atoms with E-state index in [1.807, 2.05) is 0 Å². The van der Waals surface area contributed by atoms with E-state index in [1.165, 1.54) is 10.7 Å². The molecule has 90 valence electrons. The Morgan fingerprint density at radius 2 is 2.06 bits per heavy atom. The molecule has 2 rings (SSSR count). The largest absolute Gasteiger partial charge is 0.326 e. The maximum Gasteiger partial charge on any atom is 0.269 e. The molecule has 1 aromatic heterocycles. The summed E-state index contributed by atoms with van der Waals surface area (Å²) >= 11 is 0. The zero-order valence-corrected chi connectivity index (χ0v) is 9.13. The van der Waals surface area contributed by atoms with Gasteiger partial charge in [-0.15, -0.1) is 0 Å². The van der Waals surface area contributed by atoms with Gasteiger partial charge in [0, 0.05) is 18.3 Å². The molecule has 0 amide bonds. The maximum atomic E-state index is 13.1. The van der Waals surface area contributed by atoms with Crippen LogP contribution in [0.2, 0.25) is 0 Å². The fraction of sp³-hybridized carbons (Fsp3) is 0.182. The molecule has 0 saturated carbocycles. The third-order valence-electron chi connectivity index (χ3n) is 2.63. The van der Waals surface area contributed by atoms with Crippen molar-refractivity contribution in [2.75, 3.05) is 0 Å². The summed E-state index contributed by atoms with van der Waals surface area (Å²) in [5.74, 6) is -1.90. The summed E-state index contributed by atoms with van der Waals surface area (Å²) in [4.78, 5) is 11.5. The predicted octanol–water partition coefficient (Wildman–Crippen LogP) is 1.21. The third-order valence-corrected chi connectivity index (χ3v) is 2.63. The molecule has 0 spiro atoms. The molecule has 6 heteroatoms. The number of H-pyrrole nitrogens is 1. The molecular formula is C11H11F2N3O. The molecule has 0 bridgehead atoms. The van der Waals surface area contributed by atoms with Gasteiger partial charge in [0.1, 0.15) is 0 Å². The van der Waals surface area contributed by atoms with Gasteiger partial charge in [-0.2, -0.15) is 0 Å². The molecule has 17 heavy (non-hydrogen) atoms. The summed E-state index contributed by atoms with van der Waals surface area (Å²) in [7, 11) is 0. The quantitative estimate of drug-likeness (QED) is 0.827. The van der Waals surface area contributed by atoms with Gasteiger partial charge in [-0.1, -0.05) is 0 Å². The first kappa shape index (κ1) is 11.5. The molecule has 0 fully saturated rings. The lowest BCUT2D eigenvalue weighted by Crippen LogP contribution is -2.10. The number of hydrogen-bond donors (Lipinski definition) is 2. The average molecular weight is 239 g/mol. The number of rotatable bonds is 2. The fourth-order valence-corrected chi connectivity index (χ4v) is 1.67. The van der Waals surface area contributed by atoms with Gasteiger partial charge in [0.15, 0.2) is 11.6 Å². The van der Waals surface area contributed by atoms with Crippen molar-refractivity contribution < 1.29 is 8.78 Å². The highest BCUT2D eigenvalue weighted by molar-refractivity contribution is 5.35. The van der Waals surface area contributed by atoms with E-state index in [2.05, 4.69) is 5.10 Å². The van der Waals surface area contributed by atoms with Crippen LogP contribution in [0.4, 0.5) is 8.78 Å². The number of aromatic nitrogens is 2. The second-order valence-electron chi connectivity index (χ2n) is 3.64. The van der Waals surface area contributed by atoms with Crippen LogP contribution in [0.15, 0.2) is 23.0 Å². The van der Waals surface area contributed by atoms with Gasteiger partial charge in [-0.3, -0.25) is 14.6 Å². The van der Waals surface area contributed by atoms with Crippen molar-refractivity contribution in [3.63, 3.8) is 0 Å². The van der Waals surface area contributed by atoms with Gasteiger partial charge < -0.3 is 5.73 Å². The van der Waals surface area contributed by atoms with Crippen LogP contribution in [-0.2, 0) is 6.54 Å². The molecule has 4 nitrogen and oxygen atoms in total. The fourth-order valence-electron chi connectivity index (χ4n) is 1.67. The van der Waals surface area contributed by atoms with E-state index in [1.54, 1.807) is 6.92 Å². The molecule has 1 heterocycles. The average Bonchev–Trinajstić information content (AvgIpc) is 2.58. The Bertz CT molecular complexity index is 616. The standard InChI is InChI=1S/C11H11F2N3O/c1-6-8(5-14)11(17)15-16(6)7-2-3-9(12)10(13)4-7/h2-4H,5,14H2,1H3,(H,15,17). The SMILES string of the molecule is Cc1c(CN)c(=O)[nH]n1-c1ccc(F)c(F)c1. The lowest BCUT2D eigenvalue weighted by molar-refractivity contribution is 0.507. The smallest absolute Gasteiger partial charge is 0.269 e. The Morgan fingerprint density at radius 3 is 2.59 bits per heavy atom. The van der Waals surface area contributed by atoms with Gasteiger partial charge in [0.05, 0.1) is 11.3 Å². The van der Waals surface area contributed by atoms with Crippen LogP contribution < -0.4 is 11.3 Å². The van der Waals surface area contributed by atoms with Crippen molar-refractivity contribution >= 4 is 0 Å². The van der Waals surface area contributed by atoms with Crippen LogP contribution in [-0.4, -0.2) is 9.78 Å². The summed E-state index contributed by atoms with van der Waals surface area (Å²) in [5.41, 5.74) is 6.46. The number of nitrogens with one attached hydrogen (secondary N) is 1. The molecule has 0 aliphatic carbocycles. The molecule has 1 aromatic carbocycles. The maximum absolute atomic E-state index is 13.1. The number of nitrogens with two attached hydrogens (primary N) is 1. The van der Waals surface area contributed by atoms with E-state index in [4.69, 9.17) is 5.73 Å². The van der Waals surface area contributed by atoms with Gasteiger partial charge in [0.2, 0.25) is 0 Å². The highest BCUT2D eigenvalue weighted by atomic mass is 19.2. The van der Waals surface area contributed by atoms with Crippen molar-refractivity contribution in [3.8, 4) is 5.69 Å². The van der Waals surface area contributed by atoms with Crippen molar-refractivity contribution in [1.29, 1.82) is 0 Å². The van der Waals surface area contributed by atoms with E-state index in [-0.39, 0.29) is 12.1 Å². The predicted molar refractivity (Wildman–Crippen MR) is 58.9 cm³/mol. The highest BCUT2D eigenvalue weighted by Crippen LogP contribution is 2.14. The van der Waals surface area contributed by atoms with E-state index in [0.717, 1.165) is 12.1 Å². The number of nitrogens with zero attached hydrogens (tertiary/aromatic N) is 1. The molecular weight excluding hydrogens is 228 g/mol. The Hall–Kier alpha value is -1.95. The minimum absolute atomic E-state index is 0.0951. The lowest BCUT2D eigenvalue weighted by Gasteiger charge is -2.06. The number of hydrogen-bond acceptors (Lipinski definition) is 2. The summed E-state index contributed by atoms with van der Waals surface area (Å²) in [6, 6.07) is 3.39. The molecule has 3 N–H and O–H groups in total. The second kappa shape index (κ2) is 4.14. The highest BCUT2D eigenvalue weighted by Gasteiger charge is 2.12. The van der Waals surface area contributed by atoms with Crippen molar-refractivity contribution in [2.24, 2.45) is 5.73 Å². The van der Waals surface area contributed by atoms with E-state index >= 15 is 0 Å². The van der Waals surface area contributed by atoms with Gasteiger partial charge in [-0.25, -0.2) is 8.78 Å². The molecule has 2 aromatic rings. The van der Waals surface area contributed by atoms with Crippen molar-refractivity contribution in [1.82, 2.24) is 9.78 Å². The van der Waals surface area contributed by atoms with Gasteiger partial charge in [-0.05, 0) is 19.1 Å². The summed E-state index contributed by atoms with van der Waals surface area (Å²) in [5, 5.41) is 2.52. The molecule has 0 unspecified atom stereocenters. The van der Waals surface area contributed by atoms with Crippen LogP contribution in [0, 0.1) is 18.6 Å². The van der Waals surface area contributed by atoms with Crippen LogP contribution in [0.5, 0.6) is 0 Å². The Balaban J connectivity index is 2.61. The zero-order valence-electron chi connectivity index (χ0n) is 9.13. The van der Waals surface area contributed by atoms with Crippen LogP contribution in [0.25, 0.3) is 5.69 Å². The number of aromatic amines is 1. The minimum Gasteiger partial charge on any atom is -0.326 e. The topological polar surface area (TPSA) is 63.8 Å². The summed E-state index contributed by atoms with van der Waals surface area (Å²) in [6.07, 6.45) is 0. The van der Waals surface area contributed by atoms with Crippen LogP contribution in [0.3, 0.4) is 0 Å². The van der Waals surface area contributed by atoms with Crippen LogP contribution >= 0.6 is 0 Å². The monoisotopic (exact) mass is 239 g/mol. The van der Waals surface area contributed by atoms with Crippen LogP contribution in [0.1, 0.15) is 11.3 Å². The number of halogens is 2. The van der Waals surface area contributed by atoms with Crippen molar-refractivity contribution in [3.05, 3.63) is 51.4 Å². The Labute approximate surface area is 95.7 Å². The first-order chi connectivity index (χ1) is 8.04. The Kier molecular flexibility index (Phi) is 2.81. The summed E-state index contributed by atoms with van der Waals surface area (Å²) in [6.45, 7) is 1.78. The molecule has 0 saturated heterocycles. The normalized spacial score (nSPS) is 10.8. The molecule has 0 atom stereocenters. The van der Waals surface area contributed by atoms with Crippen molar-refractivity contribution in [2.45, 2.75) is 13.5 Å². The zero-order chi connectivity index (χ0) is 12.6. The molecule has 0 aliphatic rings. The second-order valence-corrected chi connectivity index (χ2v) is 3.64. The third kappa shape index (κ3) is 1.87. The molecule has 0 aliphatic heterocycles. The lowest BCUT2D eigenvalue weighted by atomic mass is 10.2. The number of benzene rings is 1. The first-order valence-corrected chi connectivity index (χ1v) is 5.00. The molecule has 0 radical (unpaired) electrons. The van der Waals surface area contributed by atoms with Gasteiger partial charge in [0.25, 0.3) is 5.56 Å². The minimum atomic E-state index is -0.967. The van der Waals surface area contributed by atoms with Gasteiger partial charge >= 0.3 is 0 Å². The first-order valence-electron chi connectivity index (χ1n) is 5.00. The van der Waals surface area contributed by atoms with E-state index in [9.17, 15) is 13.6 Å². The van der Waals surface area contributed by atoms with E-state index in [0.29, 0.717) is 16.9 Å².